The average molecular weight is 385 g/mol. The van der Waals surface area contributed by atoms with E-state index in [0.29, 0.717) is 29.5 Å². The first kappa shape index (κ1) is 21.2. The number of nitrogens with one attached hydrogen (secondary N) is 1. The van der Waals surface area contributed by atoms with Crippen LogP contribution in [-0.4, -0.2) is 33.3 Å². The van der Waals surface area contributed by atoms with Gasteiger partial charge in [0.05, 0.1) is 27.4 Å². The molecule has 2 rings (SSSR count). The number of carbonyl (C=O) groups excluding carboxylic acids is 1. The van der Waals surface area contributed by atoms with Crippen molar-refractivity contribution in [3.63, 3.8) is 0 Å². The molecular formula is C22H27NO5. The van der Waals surface area contributed by atoms with Gasteiger partial charge in [-0.3, -0.25) is 4.79 Å². The second-order valence-corrected chi connectivity index (χ2v) is 6.31. The van der Waals surface area contributed by atoms with Gasteiger partial charge in [0.15, 0.2) is 11.5 Å². The summed E-state index contributed by atoms with van der Waals surface area (Å²) in [5.41, 5.74) is 1.70. The second-order valence-electron chi connectivity index (χ2n) is 6.31. The Balaban J connectivity index is 2.00. The number of carbonyl (C=O) groups is 1. The first-order chi connectivity index (χ1) is 13.5. The lowest BCUT2D eigenvalue weighted by atomic mass is 10.1. The molecule has 0 saturated carbocycles. The molecule has 0 aliphatic rings. The van der Waals surface area contributed by atoms with Gasteiger partial charge < -0.3 is 24.3 Å². The van der Waals surface area contributed by atoms with Gasteiger partial charge in [-0.1, -0.05) is 6.07 Å². The number of hydrogen-bond acceptors (Lipinski definition) is 5. The van der Waals surface area contributed by atoms with Crippen LogP contribution in [0.5, 0.6) is 23.0 Å². The molecule has 1 amide bonds. The van der Waals surface area contributed by atoms with Crippen LogP contribution in [-0.2, 0) is 11.3 Å². The van der Waals surface area contributed by atoms with Crippen LogP contribution >= 0.6 is 0 Å². The molecule has 1 N–H and O–H groups in total. The molecule has 0 heterocycles. The maximum atomic E-state index is 12.2. The highest BCUT2D eigenvalue weighted by Crippen LogP contribution is 2.29. The molecule has 0 fully saturated rings. The molecule has 6 heteroatoms. The molecule has 0 aromatic heterocycles. The minimum atomic E-state index is -0.209. The lowest BCUT2D eigenvalue weighted by Gasteiger charge is -2.13. The van der Waals surface area contributed by atoms with Crippen molar-refractivity contribution >= 4 is 12.0 Å². The summed E-state index contributed by atoms with van der Waals surface area (Å²) < 4.78 is 21.6. The summed E-state index contributed by atoms with van der Waals surface area (Å²) in [7, 11) is 4.77. The summed E-state index contributed by atoms with van der Waals surface area (Å²) in [5, 5.41) is 2.84. The topological polar surface area (TPSA) is 66.0 Å². The lowest BCUT2D eigenvalue weighted by Crippen LogP contribution is -2.20. The molecule has 0 saturated heterocycles. The number of amides is 1. The fraction of sp³-hybridized carbons (Fsp3) is 0.318. The molecule has 6 nitrogen and oxygen atoms in total. The van der Waals surface area contributed by atoms with Gasteiger partial charge >= 0.3 is 0 Å². The maximum Gasteiger partial charge on any atom is 0.244 e. The molecule has 28 heavy (non-hydrogen) atoms. The van der Waals surface area contributed by atoms with E-state index in [1.54, 1.807) is 33.5 Å². The van der Waals surface area contributed by atoms with Gasteiger partial charge in [-0.15, -0.1) is 0 Å². The quantitative estimate of drug-likeness (QED) is 0.665. The van der Waals surface area contributed by atoms with Crippen LogP contribution in [0.1, 0.15) is 25.0 Å². The zero-order chi connectivity index (χ0) is 20.5. The highest BCUT2D eigenvalue weighted by molar-refractivity contribution is 5.91. The summed E-state index contributed by atoms with van der Waals surface area (Å²) in [4.78, 5) is 12.2. The zero-order valence-corrected chi connectivity index (χ0v) is 16.9. The summed E-state index contributed by atoms with van der Waals surface area (Å²) in [6, 6.07) is 11.0. The van der Waals surface area contributed by atoms with Crippen molar-refractivity contribution in [2.75, 3.05) is 21.3 Å². The summed E-state index contributed by atoms with van der Waals surface area (Å²) in [6.07, 6.45) is 3.26. The monoisotopic (exact) mass is 385 g/mol. The molecule has 0 atom stereocenters. The van der Waals surface area contributed by atoms with Gasteiger partial charge in [0.25, 0.3) is 0 Å². The SMILES string of the molecule is COc1ccc(CNC(=O)/C=C/c2ccc(OC(C)C)c(OC)c2)c(OC)c1. The third kappa shape index (κ3) is 5.94. The van der Waals surface area contributed by atoms with E-state index in [1.807, 2.05) is 44.2 Å². The third-order valence-corrected chi connectivity index (χ3v) is 3.92. The van der Waals surface area contributed by atoms with Crippen molar-refractivity contribution in [3.8, 4) is 23.0 Å². The minimum absolute atomic E-state index is 0.0519. The van der Waals surface area contributed by atoms with Gasteiger partial charge in [0.2, 0.25) is 5.91 Å². The molecule has 0 aliphatic carbocycles. The average Bonchev–Trinajstić information content (AvgIpc) is 2.70. The largest absolute Gasteiger partial charge is 0.497 e. The second kappa shape index (κ2) is 10.3. The van der Waals surface area contributed by atoms with E-state index in [2.05, 4.69) is 5.32 Å². The molecule has 0 unspecified atom stereocenters. The molecular weight excluding hydrogens is 358 g/mol. The Morgan fingerprint density at radius 1 is 0.964 bits per heavy atom. The van der Waals surface area contributed by atoms with E-state index in [4.69, 9.17) is 18.9 Å². The van der Waals surface area contributed by atoms with Crippen molar-refractivity contribution in [1.82, 2.24) is 5.32 Å². The Kier molecular flexibility index (Phi) is 7.75. The fourth-order valence-corrected chi connectivity index (χ4v) is 2.55. The highest BCUT2D eigenvalue weighted by Gasteiger charge is 2.08. The molecule has 150 valence electrons. The van der Waals surface area contributed by atoms with Crippen LogP contribution in [0.4, 0.5) is 0 Å². The first-order valence-electron chi connectivity index (χ1n) is 8.98. The maximum absolute atomic E-state index is 12.2. The summed E-state index contributed by atoms with van der Waals surface area (Å²) >= 11 is 0. The summed E-state index contributed by atoms with van der Waals surface area (Å²) in [5.74, 6) is 2.45. The van der Waals surface area contributed by atoms with E-state index >= 15 is 0 Å². The van der Waals surface area contributed by atoms with Crippen molar-refractivity contribution in [2.24, 2.45) is 0 Å². The van der Waals surface area contributed by atoms with E-state index < -0.39 is 0 Å². The smallest absolute Gasteiger partial charge is 0.244 e. The van der Waals surface area contributed by atoms with Gasteiger partial charge in [-0.05, 0) is 49.8 Å². The van der Waals surface area contributed by atoms with Gasteiger partial charge in [0.1, 0.15) is 11.5 Å². The molecule has 2 aromatic rings. The summed E-state index contributed by atoms with van der Waals surface area (Å²) in [6.45, 7) is 4.26. The number of ether oxygens (including phenoxy) is 4. The van der Waals surface area contributed by atoms with Gasteiger partial charge in [0, 0.05) is 24.3 Å². The van der Waals surface area contributed by atoms with Crippen LogP contribution in [0.15, 0.2) is 42.5 Å². The number of rotatable bonds is 9. The zero-order valence-electron chi connectivity index (χ0n) is 16.9. The van der Waals surface area contributed by atoms with Gasteiger partial charge in [-0.2, -0.15) is 0 Å². The van der Waals surface area contributed by atoms with Crippen molar-refractivity contribution in [3.05, 3.63) is 53.6 Å². The normalized spacial score (nSPS) is 10.8. The number of methoxy groups -OCH3 is 3. The van der Waals surface area contributed by atoms with Crippen molar-refractivity contribution in [2.45, 2.75) is 26.5 Å². The third-order valence-electron chi connectivity index (χ3n) is 3.92. The van der Waals surface area contributed by atoms with Crippen LogP contribution in [0.3, 0.4) is 0 Å². The molecule has 0 bridgehead atoms. The molecule has 2 aromatic carbocycles. The van der Waals surface area contributed by atoms with E-state index in [9.17, 15) is 4.79 Å². The number of hydrogen-bond donors (Lipinski definition) is 1. The Morgan fingerprint density at radius 3 is 2.36 bits per heavy atom. The Hall–Kier alpha value is -3.15. The van der Waals surface area contributed by atoms with Crippen LogP contribution in [0, 0.1) is 0 Å². The molecule has 0 spiro atoms. The molecule has 0 aliphatic heterocycles. The van der Waals surface area contributed by atoms with E-state index in [-0.39, 0.29) is 12.0 Å². The van der Waals surface area contributed by atoms with E-state index in [0.717, 1.165) is 11.1 Å². The highest BCUT2D eigenvalue weighted by atomic mass is 16.5. The van der Waals surface area contributed by atoms with Crippen LogP contribution in [0.25, 0.3) is 6.08 Å². The Morgan fingerprint density at radius 2 is 1.71 bits per heavy atom. The van der Waals surface area contributed by atoms with Crippen LogP contribution < -0.4 is 24.3 Å². The van der Waals surface area contributed by atoms with E-state index in [1.165, 1.54) is 6.08 Å². The lowest BCUT2D eigenvalue weighted by molar-refractivity contribution is -0.116. The Bertz CT molecular complexity index is 830. The van der Waals surface area contributed by atoms with Gasteiger partial charge in [-0.25, -0.2) is 0 Å². The van der Waals surface area contributed by atoms with Crippen LogP contribution in [0.2, 0.25) is 0 Å². The van der Waals surface area contributed by atoms with Crippen molar-refractivity contribution in [1.29, 1.82) is 0 Å². The van der Waals surface area contributed by atoms with Crippen molar-refractivity contribution < 1.29 is 23.7 Å². The number of benzene rings is 2. The first-order valence-corrected chi connectivity index (χ1v) is 8.98. The fourth-order valence-electron chi connectivity index (χ4n) is 2.55. The molecule has 0 radical (unpaired) electrons. The standard InChI is InChI=1S/C22H27NO5/c1-15(2)28-19-10-6-16(12-21(19)27-5)7-11-22(24)23-14-17-8-9-18(25-3)13-20(17)26-4/h6-13,15H,14H2,1-5H3,(H,23,24)/b11-7+. The Labute approximate surface area is 166 Å². The minimum Gasteiger partial charge on any atom is -0.497 e. The predicted octanol–water partition coefficient (Wildman–Crippen LogP) is 3.83. The predicted molar refractivity (Wildman–Crippen MR) is 109 cm³/mol.